The Labute approximate surface area is 111 Å². The lowest BCUT2D eigenvalue weighted by Crippen LogP contribution is -2.45. The summed E-state index contributed by atoms with van der Waals surface area (Å²) in [6.45, 7) is 3.57. The molecule has 0 fully saturated rings. The Morgan fingerprint density at radius 3 is 2.63 bits per heavy atom. The second kappa shape index (κ2) is 7.88. The minimum absolute atomic E-state index is 0.105. The molecule has 0 saturated carbocycles. The summed E-state index contributed by atoms with van der Waals surface area (Å²) in [5, 5.41) is 10.9. The third kappa shape index (κ3) is 5.22. The zero-order valence-electron chi connectivity index (χ0n) is 10.3. The van der Waals surface area contributed by atoms with Gasteiger partial charge in [-0.15, -0.1) is 6.58 Å². The van der Waals surface area contributed by atoms with Gasteiger partial charge in [-0.05, 0) is 12.0 Å². The summed E-state index contributed by atoms with van der Waals surface area (Å²) < 4.78 is 4.95. The molecular formula is C13H16N2O4. The minimum atomic E-state index is -0.911. The fourth-order valence-corrected chi connectivity index (χ4v) is 1.38. The first-order valence-electron chi connectivity index (χ1n) is 5.69. The van der Waals surface area contributed by atoms with Gasteiger partial charge < -0.3 is 10.1 Å². The minimum Gasteiger partial charge on any atom is -0.445 e. The Morgan fingerprint density at radius 2 is 2.05 bits per heavy atom. The van der Waals surface area contributed by atoms with Crippen LogP contribution in [0.5, 0.6) is 0 Å². The lowest BCUT2D eigenvalue weighted by atomic mass is 10.2. The van der Waals surface area contributed by atoms with Crippen molar-refractivity contribution in [2.75, 3.05) is 0 Å². The van der Waals surface area contributed by atoms with Gasteiger partial charge in [0, 0.05) is 0 Å². The van der Waals surface area contributed by atoms with Crippen molar-refractivity contribution >= 4 is 12.0 Å². The van der Waals surface area contributed by atoms with E-state index in [0.717, 1.165) is 5.56 Å². The normalized spacial score (nSPS) is 11.2. The SMILES string of the molecule is C=CCC(NC(=O)OCc1ccccc1)C(=O)NO. The quantitative estimate of drug-likeness (QED) is 0.411. The van der Waals surface area contributed by atoms with Crippen LogP contribution in [-0.4, -0.2) is 23.2 Å². The summed E-state index contributed by atoms with van der Waals surface area (Å²) in [7, 11) is 0. The van der Waals surface area contributed by atoms with Crippen LogP contribution >= 0.6 is 0 Å². The van der Waals surface area contributed by atoms with Crippen LogP contribution in [0, 0.1) is 0 Å². The smallest absolute Gasteiger partial charge is 0.408 e. The Bertz CT molecular complexity index is 434. The van der Waals surface area contributed by atoms with Crippen LogP contribution in [0.15, 0.2) is 43.0 Å². The molecule has 3 N–H and O–H groups in total. The van der Waals surface area contributed by atoms with Crippen LogP contribution in [0.1, 0.15) is 12.0 Å². The molecule has 1 atom stereocenters. The average Bonchev–Trinajstić information content (AvgIpc) is 2.45. The molecule has 1 rings (SSSR count). The van der Waals surface area contributed by atoms with E-state index in [1.165, 1.54) is 11.6 Å². The molecule has 0 heterocycles. The fraction of sp³-hybridized carbons (Fsp3) is 0.231. The van der Waals surface area contributed by atoms with Crippen LogP contribution in [0.3, 0.4) is 0 Å². The molecule has 6 nitrogen and oxygen atoms in total. The van der Waals surface area contributed by atoms with Gasteiger partial charge in [0.15, 0.2) is 0 Å². The molecule has 0 aliphatic heterocycles. The van der Waals surface area contributed by atoms with E-state index in [4.69, 9.17) is 9.94 Å². The van der Waals surface area contributed by atoms with Gasteiger partial charge in [-0.2, -0.15) is 0 Å². The largest absolute Gasteiger partial charge is 0.445 e. The number of benzene rings is 1. The molecule has 1 aromatic carbocycles. The number of hydrogen-bond donors (Lipinski definition) is 3. The monoisotopic (exact) mass is 264 g/mol. The summed E-state index contributed by atoms with van der Waals surface area (Å²) in [5.41, 5.74) is 2.31. The van der Waals surface area contributed by atoms with Gasteiger partial charge in [0.1, 0.15) is 12.6 Å². The van der Waals surface area contributed by atoms with E-state index in [9.17, 15) is 9.59 Å². The van der Waals surface area contributed by atoms with Gasteiger partial charge >= 0.3 is 6.09 Å². The second-order valence-corrected chi connectivity index (χ2v) is 3.76. The number of hydrogen-bond acceptors (Lipinski definition) is 4. The molecule has 2 amide bonds. The van der Waals surface area contributed by atoms with Crippen molar-refractivity contribution in [2.24, 2.45) is 0 Å². The van der Waals surface area contributed by atoms with Gasteiger partial charge in [-0.3, -0.25) is 10.0 Å². The molecular weight excluding hydrogens is 248 g/mol. The highest BCUT2D eigenvalue weighted by atomic mass is 16.5. The number of amides is 2. The molecule has 0 aliphatic rings. The van der Waals surface area contributed by atoms with Crippen LogP contribution in [0.4, 0.5) is 4.79 Å². The lowest BCUT2D eigenvalue weighted by molar-refractivity contribution is -0.131. The summed E-state index contributed by atoms with van der Waals surface area (Å²) >= 11 is 0. The molecule has 0 aromatic heterocycles. The number of hydroxylamine groups is 1. The van der Waals surface area contributed by atoms with E-state index in [1.807, 2.05) is 30.3 Å². The Kier molecular flexibility index (Phi) is 6.11. The zero-order valence-corrected chi connectivity index (χ0v) is 10.3. The maximum Gasteiger partial charge on any atom is 0.408 e. The van der Waals surface area contributed by atoms with Crippen molar-refractivity contribution < 1.29 is 19.5 Å². The highest BCUT2D eigenvalue weighted by Gasteiger charge is 2.19. The van der Waals surface area contributed by atoms with Gasteiger partial charge in [0.05, 0.1) is 0 Å². The molecule has 1 unspecified atom stereocenters. The van der Waals surface area contributed by atoms with Crippen LogP contribution in [0.2, 0.25) is 0 Å². The topological polar surface area (TPSA) is 87.7 Å². The van der Waals surface area contributed by atoms with E-state index in [1.54, 1.807) is 0 Å². The Morgan fingerprint density at radius 1 is 1.37 bits per heavy atom. The number of ether oxygens (including phenoxy) is 1. The number of alkyl carbamates (subject to hydrolysis) is 1. The van der Waals surface area contributed by atoms with E-state index < -0.39 is 18.0 Å². The molecule has 6 heteroatoms. The standard InChI is InChI=1S/C13H16N2O4/c1-2-6-11(12(16)15-18)14-13(17)19-9-10-7-4-3-5-8-10/h2-5,7-8,11,18H,1,6,9H2,(H,14,17)(H,15,16). The highest BCUT2D eigenvalue weighted by Crippen LogP contribution is 2.01. The first-order valence-corrected chi connectivity index (χ1v) is 5.69. The molecule has 0 saturated heterocycles. The van der Waals surface area contributed by atoms with Gasteiger partial charge in [0.25, 0.3) is 5.91 Å². The molecule has 0 aliphatic carbocycles. The van der Waals surface area contributed by atoms with Crippen molar-refractivity contribution in [3.8, 4) is 0 Å². The fourth-order valence-electron chi connectivity index (χ4n) is 1.38. The summed E-state index contributed by atoms with van der Waals surface area (Å²) in [6, 6.07) is 8.23. The summed E-state index contributed by atoms with van der Waals surface area (Å²) in [5.74, 6) is -0.725. The number of rotatable bonds is 6. The van der Waals surface area contributed by atoms with Crippen molar-refractivity contribution in [3.05, 3.63) is 48.6 Å². The van der Waals surface area contributed by atoms with Crippen LogP contribution < -0.4 is 10.8 Å². The predicted molar refractivity (Wildman–Crippen MR) is 68.3 cm³/mol. The van der Waals surface area contributed by atoms with Crippen LogP contribution in [-0.2, 0) is 16.1 Å². The van der Waals surface area contributed by atoms with Gasteiger partial charge in [-0.25, -0.2) is 10.3 Å². The maximum atomic E-state index is 11.5. The predicted octanol–water partition coefficient (Wildman–Crippen LogP) is 1.36. The van der Waals surface area contributed by atoms with Crippen LogP contribution in [0.25, 0.3) is 0 Å². The van der Waals surface area contributed by atoms with Crippen molar-refractivity contribution in [1.82, 2.24) is 10.8 Å². The van der Waals surface area contributed by atoms with E-state index in [0.29, 0.717) is 0 Å². The molecule has 0 spiro atoms. The third-order valence-corrected chi connectivity index (χ3v) is 2.33. The van der Waals surface area contributed by atoms with Crippen molar-refractivity contribution in [3.63, 3.8) is 0 Å². The molecule has 0 bridgehead atoms. The second-order valence-electron chi connectivity index (χ2n) is 3.76. The lowest BCUT2D eigenvalue weighted by Gasteiger charge is -2.14. The molecule has 0 radical (unpaired) electrons. The average molecular weight is 264 g/mol. The number of nitrogens with one attached hydrogen (secondary N) is 2. The Hall–Kier alpha value is -2.34. The third-order valence-electron chi connectivity index (χ3n) is 2.33. The zero-order chi connectivity index (χ0) is 14.1. The van der Waals surface area contributed by atoms with Gasteiger partial charge in [0.2, 0.25) is 0 Å². The van der Waals surface area contributed by atoms with Crippen molar-refractivity contribution in [1.29, 1.82) is 0 Å². The van der Waals surface area contributed by atoms with E-state index in [2.05, 4.69) is 11.9 Å². The number of carbonyl (C=O) groups is 2. The van der Waals surface area contributed by atoms with E-state index in [-0.39, 0.29) is 13.0 Å². The van der Waals surface area contributed by atoms with E-state index >= 15 is 0 Å². The maximum absolute atomic E-state index is 11.5. The highest BCUT2D eigenvalue weighted by molar-refractivity contribution is 5.84. The van der Waals surface area contributed by atoms with Gasteiger partial charge in [-0.1, -0.05) is 36.4 Å². The molecule has 1 aromatic rings. The first-order chi connectivity index (χ1) is 9.17. The summed E-state index contributed by atoms with van der Waals surface area (Å²) in [6.07, 6.45) is 0.906. The Balaban J connectivity index is 2.44. The molecule has 19 heavy (non-hydrogen) atoms. The summed E-state index contributed by atoms with van der Waals surface area (Å²) in [4.78, 5) is 22.7. The first kappa shape index (κ1) is 14.7. The molecule has 102 valence electrons. The number of carbonyl (C=O) groups excluding carboxylic acids is 2. The van der Waals surface area contributed by atoms with Crippen molar-refractivity contribution in [2.45, 2.75) is 19.1 Å².